The summed E-state index contributed by atoms with van der Waals surface area (Å²) in [4.78, 5) is 11.7. The quantitative estimate of drug-likeness (QED) is 0.862. The van der Waals surface area contributed by atoms with Gasteiger partial charge in [-0.2, -0.15) is 5.10 Å². The van der Waals surface area contributed by atoms with Crippen LogP contribution in [0.15, 0.2) is 36.7 Å². The number of nitrogens with zero attached hydrogens (tertiary/aromatic N) is 2. The summed E-state index contributed by atoms with van der Waals surface area (Å²) in [5.74, 6) is -0.0758. The molecule has 2 N–H and O–H groups in total. The Labute approximate surface area is 106 Å². The zero-order valence-electron chi connectivity index (χ0n) is 10.5. The standard InChI is InChI=1S/C13H16N4O/c1-10-5-3-4-6-12(10)16-13(18)8-14-11-7-15-17(2)9-11/h3-7,9,14H,8H2,1-2H3,(H,16,18). The fourth-order valence-electron chi connectivity index (χ4n) is 1.60. The van der Waals surface area contributed by atoms with Crippen LogP contribution in [0.3, 0.4) is 0 Å². The number of anilines is 2. The topological polar surface area (TPSA) is 59.0 Å². The molecule has 0 radical (unpaired) electrons. The molecule has 0 saturated carbocycles. The summed E-state index contributed by atoms with van der Waals surface area (Å²) in [6.45, 7) is 2.18. The van der Waals surface area contributed by atoms with E-state index < -0.39 is 0 Å². The van der Waals surface area contributed by atoms with E-state index >= 15 is 0 Å². The molecule has 2 aromatic rings. The van der Waals surface area contributed by atoms with Crippen molar-refractivity contribution in [3.05, 3.63) is 42.2 Å². The van der Waals surface area contributed by atoms with Crippen molar-refractivity contribution >= 4 is 17.3 Å². The van der Waals surface area contributed by atoms with E-state index in [0.29, 0.717) is 0 Å². The fraction of sp³-hybridized carbons (Fsp3) is 0.231. The Morgan fingerprint density at radius 2 is 2.17 bits per heavy atom. The van der Waals surface area contributed by atoms with Gasteiger partial charge in [0, 0.05) is 18.9 Å². The summed E-state index contributed by atoms with van der Waals surface area (Å²) < 4.78 is 1.68. The number of para-hydroxylation sites is 1. The highest BCUT2D eigenvalue weighted by Crippen LogP contribution is 2.12. The van der Waals surface area contributed by atoms with Crippen LogP contribution in [0.2, 0.25) is 0 Å². The first-order valence-electron chi connectivity index (χ1n) is 5.73. The number of nitrogens with one attached hydrogen (secondary N) is 2. The van der Waals surface area contributed by atoms with Gasteiger partial charge in [0.1, 0.15) is 0 Å². The van der Waals surface area contributed by atoms with Gasteiger partial charge in [-0.3, -0.25) is 9.48 Å². The molecule has 1 aromatic carbocycles. The molecular weight excluding hydrogens is 228 g/mol. The highest BCUT2D eigenvalue weighted by molar-refractivity contribution is 5.94. The summed E-state index contributed by atoms with van der Waals surface area (Å²) in [5.41, 5.74) is 2.72. The number of carbonyl (C=O) groups is 1. The van der Waals surface area contributed by atoms with Crippen molar-refractivity contribution in [2.24, 2.45) is 7.05 Å². The molecule has 0 aliphatic rings. The van der Waals surface area contributed by atoms with E-state index in [4.69, 9.17) is 0 Å². The van der Waals surface area contributed by atoms with Crippen molar-refractivity contribution in [1.29, 1.82) is 0 Å². The van der Waals surface area contributed by atoms with Crippen LogP contribution < -0.4 is 10.6 Å². The van der Waals surface area contributed by atoms with E-state index in [0.717, 1.165) is 16.9 Å². The van der Waals surface area contributed by atoms with Crippen molar-refractivity contribution in [2.45, 2.75) is 6.92 Å². The smallest absolute Gasteiger partial charge is 0.243 e. The maximum atomic E-state index is 11.7. The third kappa shape index (κ3) is 3.10. The number of aromatic nitrogens is 2. The minimum absolute atomic E-state index is 0.0758. The van der Waals surface area contributed by atoms with Gasteiger partial charge in [0.25, 0.3) is 0 Å². The third-order valence-corrected chi connectivity index (χ3v) is 2.58. The van der Waals surface area contributed by atoms with Crippen LogP contribution in [0.5, 0.6) is 0 Å². The lowest BCUT2D eigenvalue weighted by Crippen LogP contribution is -2.21. The zero-order chi connectivity index (χ0) is 13.0. The van der Waals surface area contributed by atoms with E-state index in [1.807, 2.05) is 44.4 Å². The van der Waals surface area contributed by atoms with Gasteiger partial charge in [0.15, 0.2) is 0 Å². The molecule has 18 heavy (non-hydrogen) atoms. The molecule has 0 atom stereocenters. The fourth-order valence-corrected chi connectivity index (χ4v) is 1.60. The summed E-state index contributed by atoms with van der Waals surface area (Å²) in [6, 6.07) is 7.69. The van der Waals surface area contributed by atoms with Gasteiger partial charge in [-0.15, -0.1) is 0 Å². The van der Waals surface area contributed by atoms with E-state index in [2.05, 4.69) is 15.7 Å². The van der Waals surface area contributed by atoms with Crippen LogP contribution in [0.25, 0.3) is 0 Å². The predicted molar refractivity (Wildman–Crippen MR) is 71.5 cm³/mol. The summed E-state index contributed by atoms with van der Waals surface area (Å²) in [6.07, 6.45) is 3.50. The van der Waals surface area contributed by atoms with Crippen LogP contribution in [-0.4, -0.2) is 22.2 Å². The molecule has 5 nitrogen and oxygen atoms in total. The number of hydrogen-bond acceptors (Lipinski definition) is 3. The average molecular weight is 244 g/mol. The third-order valence-electron chi connectivity index (χ3n) is 2.58. The Balaban J connectivity index is 1.88. The predicted octanol–water partition coefficient (Wildman–Crippen LogP) is 1.78. The first-order chi connectivity index (χ1) is 8.65. The van der Waals surface area contributed by atoms with Crippen molar-refractivity contribution in [1.82, 2.24) is 9.78 Å². The number of carbonyl (C=O) groups excluding carboxylic acids is 1. The number of hydrogen-bond donors (Lipinski definition) is 2. The molecule has 2 rings (SSSR count). The molecule has 1 amide bonds. The van der Waals surface area contributed by atoms with E-state index in [1.165, 1.54) is 0 Å². The van der Waals surface area contributed by atoms with Crippen LogP contribution in [0, 0.1) is 6.92 Å². The second-order valence-electron chi connectivity index (χ2n) is 4.12. The van der Waals surface area contributed by atoms with Crippen LogP contribution in [0.1, 0.15) is 5.56 Å². The lowest BCUT2D eigenvalue weighted by Gasteiger charge is -2.08. The van der Waals surface area contributed by atoms with Crippen molar-refractivity contribution < 1.29 is 4.79 Å². The van der Waals surface area contributed by atoms with Gasteiger partial charge >= 0.3 is 0 Å². The van der Waals surface area contributed by atoms with Gasteiger partial charge in [-0.25, -0.2) is 0 Å². The Morgan fingerprint density at radius 3 is 2.83 bits per heavy atom. The maximum absolute atomic E-state index is 11.7. The van der Waals surface area contributed by atoms with E-state index in [-0.39, 0.29) is 12.5 Å². The Hall–Kier alpha value is -2.30. The van der Waals surface area contributed by atoms with Crippen molar-refractivity contribution in [3.8, 4) is 0 Å². The minimum atomic E-state index is -0.0758. The Kier molecular flexibility index (Phi) is 3.62. The average Bonchev–Trinajstić information content (AvgIpc) is 2.76. The van der Waals surface area contributed by atoms with Crippen molar-refractivity contribution in [2.75, 3.05) is 17.2 Å². The molecule has 94 valence electrons. The first-order valence-corrected chi connectivity index (χ1v) is 5.73. The summed E-state index contributed by atoms with van der Waals surface area (Å²) in [5, 5.41) is 9.88. The van der Waals surface area contributed by atoms with Gasteiger partial charge in [-0.1, -0.05) is 18.2 Å². The van der Waals surface area contributed by atoms with E-state index in [1.54, 1.807) is 10.9 Å². The van der Waals surface area contributed by atoms with Gasteiger partial charge in [0.05, 0.1) is 18.4 Å². The molecule has 0 bridgehead atoms. The van der Waals surface area contributed by atoms with E-state index in [9.17, 15) is 4.79 Å². The monoisotopic (exact) mass is 244 g/mol. The normalized spacial score (nSPS) is 10.1. The molecule has 0 saturated heterocycles. The molecular formula is C13H16N4O. The number of rotatable bonds is 4. The molecule has 0 unspecified atom stereocenters. The van der Waals surface area contributed by atoms with Crippen LogP contribution in [-0.2, 0) is 11.8 Å². The number of benzene rings is 1. The molecule has 0 spiro atoms. The second kappa shape index (κ2) is 5.35. The van der Waals surface area contributed by atoms with Gasteiger partial charge < -0.3 is 10.6 Å². The number of amides is 1. The highest BCUT2D eigenvalue weighted by atomic mass is 16.1. The van der Waals surface area contributed by atoms with Crippen LogP contribution >= 0.6 is 0 Å². The molecule has 1 heterocycles. The SMILES string of the molecule is Cc1ccccc1NC(=O)CNc1cnn(C)c1. The Bertz CT molecular complexity index is 547. The minimum Gasteiger partial charge on any atom is -0.374 e. The molecule has 1 aromatic heterocycles. The molecule has 5 heteroatoms. The zero-order valence-corrected chi connectivity index (χ0v) is 10.5. The molecule has 0 aliphatic heterocycles. The van der Waals surface area contributed by atoms with Gasteiger partial charge in [0.2, 0.25) is 5.91 Å². The lowest BCUT2D eigenvalue weighted by atomic mass is 10.2. The van der Waals surface area contributed by atoms with Crippen molar-refractivity contribution in [3.63, 3.8) is 0 Å². The second-order valence-corrected chi connectivity index (χ2v) is 4.12. The first kappa shape index (κ1) is 12.2. The van der Waals surface area contributed by atoms with Gasteiger partial charge in [-0.05, 0) is 18.6 Å². The molecule has 0 aliphatic carbocycles. The molecule has 0 fully saturated rings. The largest absolute Gasteiger partial charge is 0.374 e. The highest BCUT2D eigenvalue weighted by Gasteiger charge is 2.04. The lowest BCUT2D eigenvalue weighted by molar-refractivity contribution is -0.114. The number of aryl methyl sites for hydroxylation is 2. The summed E-state index contributed by atoms with van der Waals surface area (Å²) >= 11 is 0. The summed E-state index contributed by atoms with van der Waals surface area (Å²) in [7, 11) is 1.83. The maximum Gasteiger partial charge on any atom is 0.243 e. The Morgan fingerprint density at radius 1 is 1.39 bits per heavy atom. The van der Waals surface area contributed by atoms with Crippen LogP contribution in [0.4, 0.5) is 11.4 Å².